The van der Waals surface area contributed by atoms with Gasteiger partial charge in [-0.2, -0.15) is 4.98 Å². The summed E-state index contributed by atoms with van der Waals surface area (Å²) in [6.07, 6.45) is 0. The molecule has 4 nitrogen and oxygen atoms in total. The van der Waals surface area contributed by atoms with E-state index in [1.165, 1.54) is 0 Å². The lowest BCUT2D eigenvalue weighted by molar-refractivity contribution is 0.307. The summed E-state index contributed by atoms with van der Waals surface area (Å²) >= 11 is 4.98. The number of rotatable bonds is 4. The average molecular weight is 283 g/mol. The molecule has 0 aliphatic carbocycles. The predicted molar refractivity (Wildman–Crippen MR) is 80.0 cm³/mol. The highest BCUT2D eigenvalue weighted by molar-refractivity contribution is 7.71. The number of nitrogens with one attached hydrogen (secondary N) is 2. The second-order valence-corrected chi connectivity index (χ2v) is 4.67. The number of benzene rings is 2. The van der Waals surface area contributed by atoms with Gasteiger partial charge in [0.05, 0.1) is 5.56 Å². The molecular formula is C15H13N3OS. The normalized spacial score (nSPS) is 10.4. The van der Waals surface area contributed by atoms with Crippen LogP contribution in [0.4, 0.5) is 0 Å². The minimum absolute atomic E-state index is 0.429. The smallest absolute Gasteiger partial charge is 0.213 e. The Morgan fingerprint density at radius 1 is 0.950 bits per heavy atom. The minimum Gasteiger partial charge on any atom is -0.488 e. The van der Waals surface area contributed by atoms with Gasteiger partial charge in [0, 0.05) is 0 Å². The van der Waals surface area contributed by atoms with E-state index in [4.69, 9.17) is 17.0 Å². The zero-order valence-electron chi connectivity index (χ0n) is 10.7. The topological polar surface area (TPSA) is 53.7 Å². The van der Waals surface area contributed by atoms with Gasteiger partial charge in [-0.15, -0.1) is 0 Å². The van der Waals surface area contributed by atoms with E-state index in [-0.39, 0.29) is 0 Å². The second-order valence-electron chi connectivity index (χ2n) is 4.29. The number of aromatic amines is 2. The molecule has 5 heteroatoms. The van der Waals surface area contributed by atoms with Crippen molar-refractivity contribution in [3.05, 3.63) is 64.9 Å². The second kappa shape index (κ2) is 5.71. The van der Waals surface area contributed by atoms with Crippen LogP contribution >= 0.6 is 12.2 Å². The molecule has 0 saturated heterocycles. The Balaban J connectivity index is 1.85. The number of hydrogen-bond acceptors (Lipinski definition) is 3. The van der Waals surface area contributed by atoms with Crippen molar-refractivity contribution in [1.82, 2.24) is 15.2 Å². The van der Waals surface area contributed by atoms with E-state index < -0.39 is 0 Å². The van der Waals surface area contributed by atoms with Gasteiger partial charge in [-0.25, -0.2) is 0 Å². The van der Waals surface area contributed by atoms with Crippen molar-refractivity contribution >= 4 is 12.2 Å². The van der Waals surface area contributed by atoms with Crippen molar-refractivity contribution in [3.63, 3.8) is 0 Å². The molecular weight excluding hydrogens is 270 g/mol. The van der Waals surface area contributed by atoms with E-state index >= 15 is 0 Å². The molecule has 0 spiro atoms. The van der Waals surface area contributed by atoms with Gasteiger partial charge in [-0.05, 0) is 29.9 Å². The van der Waals surface area contributed by atoms with Crippen LogP contribution in [0.5, 0.6) is 5.75 Å². The fourth-order valence-electron chi connectivity index (χ4n) is 1.92. The van der Waals surface area contributed by atoms with Gasteiger partial charge in [-0.3, -0.25) is 10.2 Å². The lowest BCUT2D eigenvalue weighted by atomic mass is 10.2. The number of H-pyrrole nitrogens is 2. The lowest BCUT2D eigenvalue weighted by Crippen LogP contribution is -1.97. The van der Waals surface area contributed by atoms with Gasteiger partial charge in [0.25, 0.3) is 0 Å². The molecule has 20 heavy (non-hydrogen) atoms. The predicted octanol–water partition coefficient (Wildman–Crippen LogP) is 3.71. The first-order chi connectivity index (χ1) is 9.83. The van der Waals surface area contributed by atoms with Crippen molar-refractivity contribution in [2.24, 2.45) is 0 Å². The molecule has 0 bridgehead atoms. The summed E-state index contributed by atoms with van der Waals surface area (Å²) in [6, 6.07) is 17.8. The van der Waals surface area contributed by atoms with Crippen LogP contribution in [0, 0.1) is 4.77 Å². The average Bonchev–Trinajstić information content (AvgIpc) is 2.93. The van der Waals surface area contributed by atoms with Gasteiger partial charge < -0.3 is 4.74 Å². The summed E-state index contributed by atoms with van der Waals surface area (Å²) in [5.74, 6) is 1.45. The molecule has 0 unspecified atom stereocenters. The molecule has 3 aromatic rings. The van der Waals surface area contributed by atoms with Crippen LogP contribution in [0.25, 0.3) is 11.4 Å². The van der Waals surface area contributed by atoms with Gasteiger partial charge in [0.1, 0.15) is 12.4 Å². The molecule has 0 aliphatic heterocycles. The molecule has 0 atom stereocenters. The monoisotopic (exact) mass is 283 g/mol. The zero-order chi connectivity index (χ0) is 13.8. The number of para-hydroxylation sites is 1. The van der Waals surface area contributed by atoms with Crippen molar-refractivity contribution in [3.8, 4) is 17.1 Å². The molecule has 2 aromatic carbocycles. The number of aromatic nitrogens is 3. The summed E-state index contributed by atoms with van der Waals surface area (Å²) in [5, 5.41) is 5.73. The van der Waals surface area contributed by atoms with Crippen LogP contribution in [0.3, 0.4) is 0 Å². The van der Waals surface area contributed by atoms with Gasteiger partial charge in [-0.1, -0.05) is 42.5 Å². The molecule has 1 aromatic heterocycles. The maximum absolute atomic E-state index is 5.88. The summed E-state index contributed by atoms with van der Waals surface area (Å²) in [6.45, 7) is 0.517. The molecule has 2 N–H and O–H groups in total. The fourth-order valence-corrected chi connectivity index (χ4v) is 2.06. The van der Waals surface area contributed by atoms with E-state index in [0.717, 1.165) is 16.9 Å². The maximum Gasteiger partial charge on any atom is 0.213 e. The van der Waals surface area contributed by atoms with Crippen LogP contribution < -0.4 is 4.74 Å². The van der Waals surface area contributed by atoms with Gasteiger partial charge in [0.15, 0.2) is 5.82 Å². The van der Waals surface area contributed by atoms with E-state index in [9.17, 15) is 0 Å². The number of ether oxygens (including phenoxy) is 1. The molecule has 0 saturated carbocycles. The minimum atomic E-state index is 0.429. The van der Waals surface area contributed by atoms with Crippen molar-refractivity contribution in [2.45, 2.75) is 6.61 Å². The van der Waals surface area contributed by atoms with Crippen LogP contribution in [-0.2, 0) is 6.61 Å². The van der Waals surface area contributed by atoms with Crippen LogP contribution in [0.1, 0.15) is 5.56 Å². The van der Waals surface area contributed by atoms with Crippen molar-refractivity contribution < 1.29 is 4.74 Å². The van der Waals surface area contributed by atoms with E-state index in [1.807, 2.05) is 54.6 Å². The van der Waals surface area contributed by atoms with E-state index in [1.54, 1.807) is 0 Å². The Labute approximate surface area is 121 Å². The summed E-state index contributed by atoms with van der Waals surface area (Å²) in [4.78, 5) is 4.22. The lowest BCUT2D eigenvalue weighted by Gasteiger charge is -2.09. The SMILES string of the molecule is S=c1nc(-c2ccccc2OCc2ccccc2)[nH][nH]1. The third kappa shape index (κ3) is 2.78. The van der Waals surface area contributed by atoms with Crippen LogP contribution in [-0.4, -0.2) is 15.2 Å². The van der Waals surface area contributed by atoms with Crippen LogP contribution in [0.15, 0.2) is 54.6 Å². The Bertz CT molecular complexity index is 749. The summed E-state index contributed by atoms with van der Waals surface area (Å²) in [5.41, 5.74) is 2.01. The summed E-state index contributed by atoms with van der Waals surface area (Å²) in [7, 11) is 0. The molecule has 0 aliphatic rings. The number of nitrogens with zero attached hydrogens (tertiary/aromatic N) is 1. The van der Waals surface area contributed by atoms with E-state index in [0.29, 0.717) is 17.2 Å². The third-order valence-electron chi connectivity index (χ3n) is 2.88. The highest BCUT2D eigenvalue weighted by Crippen LogP contribution is 2.27. The summed E-state index contributed by atoms with van der Waals surface area (Å²) < 4.78 is 6.31. The van der Waals surface area contributed by atoms with Crippen LogP contribution in [0.2, 0.25) is 0 Å². The Hall–Kier alpha value is -2.40. The highest BCUT2D eigenvalue weighted by atomic mass is 32.1. The first kappa shape index (κ1) is 12.6. The van der Waals surface area contributed by atoms with E-state index in [2.05, 4.69) is 15.2 Å². The fraction of sp³-hybridized carbons (Fsp3) is 0.0667. The molecule has 0 radical (unpaired) electrons. The van der Waals surface area contributed by atoms with Gasteiger partial charge >= 0.3 is 0 Å². The maximum atomic E-state index is 5.88. The molecule has 100 valence electrons. The quantitative estimate of drug-likeness (QED) is 0.718. The Morgan fingerprint density at radius 3 is 2.45 bits per heavy atom. The Kier molecular flexibility index (Phi) is 3.60. The molecule has 0 amide bonds. The Morgan fingerprint density at radius 2 is 1.70 bits per heavy atom. The first-order valence-corrected chi connectivity index (χ1v) is 6.64. The van der Waals surface area contributed by atoms with Crippen molar-refractivity contribution in [2.75, 3.05) is 0 Å². The zero-order valence-corrected chi connectivity index (χ0v) is 11.5. The third-order valence-corrected chi connectivity index (χ3v) is 3.07. The van der Waals surface area contributed by atoms with Crippen molar-refractivity contribution in [1.29, 1.82) is 0 Å². The first-order valence-electron chi connectivity index (χ1n) is 6.24. The highest BCUT2D eigenvalue weighted by Gasteiger charge is 2.08. The number of hydrogen-bond donors (Lipinski definition) is 2. The largest absolute Gasteiger partial charge is 0.488 e. The molecule has 0 fully saturated rings. The standard InChI is InChI=1S/C15H13N3OS/c20-15-16-14(17-18-15)12-8-4-5-9-13(12)19-10-11-6-2-1-3-7-11/h1-9H,10H2,(H2,16,17,18,20). The molecule has 3 rings (SSSR count). The van der Waals surface area contributed by atoms with Gasteiger partial charge in [0.2, 0.25) is 4.77 Å². The molecule has 1 heterocycles.